The van der Waals surface area contributed by atoms with Gasteiger partial charge in [0, 0.05) is 31.8 Å². The molecule has 5 heteroatoms. The van der Waals surface area contributed by atoms with Gasteiger partial charge in [-0.2, -0.15) is 0 Å². The lowest BCUT2D eigenvalue weighted by Gasteiger charge is -2.29. The van der Waals surface area contributed by atoms with Gasteiger partial charge in [-0.3, -0.25) is 14.4 Å². The molecule has 24 heavy (non-hydrogen) atoms. The number of hydrogen-bond donors (Lipinski definition) is 2. The maximum Gasteiger partial charge on any atom is 0.221 e. The van der Waals surface area contributed by atoms with E-state index in [0.717, 1.165) is 36.8 Å². The number of allylic oxidation sites excluding steroid dienone is 4. The van der Waals surface area contributed by atoms with E-state index < -0.39 is 0 Å². The fourth-order valence-electron chi connectivity index (χ4n) is 3.74. The van der Waals surface area contributed by atoms with Crippen LogP contribution < -0.4 is 11.1 Å². The van der Waals surface area contributed by atoms with Crippen molar-refractivity contribution in [3.63, 3.8) is 0 Å². The number of carbonyl (C=O) groups is 3. The molecule has 0 radical (unpaired) electrons. The van der Waals surface area contributed by atoms with Crippen molar-refractivity contribution in [3.05, 3.63) is 22.8 Å². The second-order valence-electron chi connectivity index (χ2n) is 7.10. The van der Waals surface area contributed by atoms with Crippen LogP contribution in [0.2, 0.25) is 0 Å². The molecule has 0 unspecified atom stereocenters. The molecule has 0 bridgehead atoms. The van der Waals surface area contributed by atoms with Crippen molar-refractivity contribution in [2.24, 2.45) is 11.7 Å². The Morgan fingerprint density at radius 3 is 2.46 bits per heavy atom. The van der Waals surface area contributed by atoms with E-state index in [1.165, 1.54) is 0 Å². The third kappa shape index (κ3) is 4.87. The second-order valence-corrected chi connectivity index (χ2v) is 7.10. The van der Waals surface area contributed by atoms with E-state index in [1.54, 1.807) is 0 Å². The summed E-state index contributed by atoms with van der Waals surface area (Å²) in [7, 11) is 0. The predicted octanol–water partition coefficient (Wildman–Crippen LogP) is 2.21. The van der Waals surface area contributed by atoms with Crippen molar-refractivity contribution in [2.45, 2.75) is 64.8 Å². The van der Waals surface area contributed by atoms with Crippen molar-refractivity contribution >= 4 is 17.5 Å². The summed E-state index contributed by atoms with van der Waals surface area (Å²) < 4.78 is 0. The van der Waals surface area contributed by atoms with Gasteiger partial charge in [-0.15, -0.1) is 0 Å². The molecule has 1 saturated carbocycles. The highest BCUT2D eigenvalue weighted by Crippen LogP contribution is 2.30. The zero-order chi connectivity index (χ0) is 17.7. The van der Waals surface area contributed by atoms with Gasteiger partial charge in [0.1, 0.15) is 0 Å². The summed E-state index contributed by atoms with van der Waals surface area (Å²) in [4.78, 5) is 36.3. The maximum absolute atomic E-state index is 12.5. The van der Waals surface area contributed by atoms with Crippen LogP contribution in [0.25, 0.3) is 0 Å². The summed E-state index contributed by atoms with van der Waals surface area (Å²) in [5.41, 5.74) is 7.60. The van der Waals surface area contributed by atoms with Crippen LogP contribution in [0, 0.1) is 5.92 Å². The summed E-state index contributed by atoms with van der Waals surface area (Å²) in [5.74, 6) is 0.255. The summed E-state index contributed by atoms with van der Waals surface area (Å²) in [5, 5.41) is 3.00. The van der Waals surface area contributed by atoms with E-state index in [0.29, 0.717) is 37.3 Å². The van der Waals surface area contributed by atoms with Gasteiger partial charge in [-0.1, -0.05) is 11.6 Å². The van der Waals surface area contributed by atoms with Crippen LogP contribution in [0.1, 0.15) is 58.8 Å². The van der Waals surface area contributed by atoms with Gasteiger partial charge < -0.3 is 11.1 Å². The van der Waals surface area contributed by atoms with Crippen LogP contribution in [0.5, 0.6) is 0 Å². The molecule has 0 aromatic carbocycles. The zero-order valence-corrected chi connectivity index (χ0v) is 14.7. The molecule has 1 amide bonds. The lowest BCUT2D eigenvalue weighted by molar-refractivity contribution is -0.123. The molecule has 0 heterocycles. The standard InChI is InChI=1S/C19H28N2O3/c1-12-9-13(2)19(16(22)10-12)17(23)11-14-3-5-15(6-4-14)21-18(24)7-8-20/h9,14-15H,3-8,10-11,20H2,1-2H3,(H,21,24). The number of nitrogens with two attached hydrogens (primary N) is 1. The molecule has 1 fully saturated rings. The number of rotatable bonds is 6. The summed E-state index contributed by atoms with van der Waals surface area (Å²) in [6, 6.07) is 0.193. The first-order chi connectivity index (χ1) is 11.4. The largest absolute Gasteiger partial charge is 0.353 e. The Kier molecular flexibility index (Phi) is 6.49. The van der Waals surface area contributed by atoms with Crippen molar-refractivity contribution in [2.75, 3.05) is 6.54 Å². The molecule has 3 N–H and O–H groups in total. The third-order valence-electron chi connectivity index (χ3n) is 4.91. The first-order valence-corrected chi connectivity index (χ1v) is 8.84. The topological polar surface area (TPSA) is 89.3 Å². The highest BCUT2D eigenvalue weighted by Gasteiger charge is 2.28. The van der Waals surface area contributed by atoms with Crippen molar-refractivity contribution in [1.29, 1.82) is 0 Å². The molecule has 0 atom stereocenters. The van der Waals surface area contributed by atoms with Gasteiger partial charge in [0.05, 0.1) is 5.57 Å². The quantitative estimate of drug-likeness (QED) is 0.730. The van der Waals surface area contributed by atoms with Crippen LogP contribution >= 0.6 is 0 Å². The smallest absolute Gasteiger partial charge is 0.221 e. The Bertz CT molecular complexity index is 581. The second kappa shape index (κ2) is 8.38. The zero-order valence-electron chi connectivity index (χ0n) is 14.7. The lowest BCUT2D eigenvalue weighted by Crippen LogP contribution is -2.38. The molecule has 0 aliphatic heterocycles. The number of Topliss-reactive ketones (excluding diaryl/α,β-unsaturated/α-hetero) is 2. The van der Waals surface area contributed by atoms with Crippen molar-refractivity contribution in [3.8, 4) is 0 Å². The fraction of sp³-hybridized carbons (Fsp3) is 0.632. The monoisotopic (exact) mass is 332 g/mol. The maximum atomic E-state index is 12.5. The number of nitrogens with one attached hydrogen (secondary N) is 1. The van der Waals surface area contributed by atoms with Gasteiger partial charge in [0.15, 0.2) is 11.6 Å². The number of carbonyl (C=O) groups excluding carboxylic acids is 3. The molecule has 2 aliphatic carbocycles. The van der Waals surface area contributed by atoms with Gasteiger partial charge in [-0.05, 0) is 51.0 Å². The van der Waals surface area contributed by atoms with E-state index in [1.807, 2.05) is 19.9 Å². The molecule has 0 spiro atoms. The molecular weight excluding hydrogens is 304 g/mol. The third-order valence-corrected chi connectivity index (χ3v) is 4.91. The summed E-state index contributed by atoms with van der Waals surface area (Å²) >= 11 is 0. The SMILES string of the molecule is CC1=CC(C)=C(C(=O)CC2CCC(NC(=O)CCN)CC2)C(=O)C1. The predicted molar refractivity (Wildman–Crippen MR) is 93.3 cm³/mol. The molecule has 2 rings (SSSR count). The van der Waals surface area contributed by atoms with Gasteiger partial charge in [0.2, 0.25) is 5.91 Å². The highest BCUT2D eigenvalue weighted by molar-refractivity contribution is 6.22. The van der Waals surface area contributed by atoms with Crippen LogP contribution in [0.3, 0.4) is 0 Å². The molecule has 0 saturated heterocycles. The van der Waals surface area contributed by atoms with Crippen molar-refractivity contribution in [1.82, 2.24) is 5.32 Å². The minimum absolute atomic E-state index is 0.00719. The molecule has 0 aromatic heterocycles. The minimum atomic E-state index is -0.0415. The Labute approximate surface area is 143 Å². The average Bonchev–Trinajstić information content (AvgIpc) is 2.48. The Morgan fingerprint density at radius 2 is 1.88 bits per heavy atom. The highest BCUT2D eigenvalue weighted by atomic mass is 16.2. The Balaban J connectivity index is 1.86. The lowest BCUT2D eigenvalue weighted by atomic mass is 9.80. The number of hydrogen-bond acceptors (Lipinski definition) is 4. The van der Waals surface area contributed by atoms with Crippen LogP contribution in [-0.4, -0.2) is 30.1 Å². The first kappa shape index (κ1) is 18.6. The van der Waals surface area contributed by atoms with Gasteiger partial charge in [0.25, 0.3) is 0 Å². The Hall–Kier alpha value is -1.75. The van der Waals surface area contributed by atoms with E-state index in [-0.39, 0.29) is 23.5 Å². The van der Waals surface area contributed by atoms with Crippen molar-refractivity contribution < 1.29 is 14.4 Å². The fourth-order valence-corrected chi connectivity index (χ4v) is 3.74. The number of ketones is 2. The molecule has 5 nitrogen and oxygen atoms in total. The minimum Gasteiger partial charge on any atom is -0.353 e. The van der Waals surface area contributed by atoms with E-state index >= 15 is 0 Å². The molecular formula is C19H28N2O3. The van der Waals surface area contributed by atoms with Crippen LogP contribution in [-0.2, 0) is 14.4 Å². The number of amides is 1. The van der Waals surface area contributed by atoms with E-state index in [9.17, 15) is 14.4 Å². The molecule has 0 aromatic rings. The summed E-state index contributed by atoms with van der Waals surface area (Å²) in [6.45, 7) is 4.13. The molecule has 2 aliphatic rings. The average molecular weight is 332 g/mol. The summed E-state index contributed by atoms with van der Waals surface area (Å²) in [6.07, 6.45) is 6.70. The Morgan fingerprint density at radius 1 is 1.21 bits per heavy atom. The van der Waals surface area contributed by atoms with E-state index in [2.05, 4.69) is 5.32 Å². The molecule has 132 valence electrons. The van der Waals surface area contributed by atoms with Gasteiger partial charge in [-0.25, -0.2) is 0 Å². The van der Waals surface area contributed by atoms with Gasteiger partial charge >= 0.3 is 0 Å². The van der Waals surface area contributed by atoms with Crippen LogP contribution in [0.15, 0.2) is 22.8 Å². The van der Waals surface area contributed by atoms with E-state index in [4.69, 9.17) is 5.73 Å². The normalized spacial score (nSPS) is 24.6. The first-order valence-electron chi connectivity index (χ1n) is 8.84. The van der Waals surface area contributed by atoms with Crippen LogP contribution in [0.4, 0.5) is 0 Å².